The Morgan fingerprint density at radius 2 is 1.87 bits per heavy atom. The highest BCUT2D eigenvalue weighted by Gasteiger charge is 2.34. The molecule has 1 aliphatic rings. The average Bonchev–Trinajstić information content (AvgIpc) is 3.40. The van der Waals surface area contributed by atoms with Crippen molar-refractivity contribution in [3.05, 3.63) is 75.1 Å². The Kier molecular flexibility index (Phi) is 6.11. The number of carbonyl (C=O) groups is 2. The minimum Gasteiger partial charge on any atom is -0.477 e. The number of anilines is 1. The summed E-state index contributed by atoms with van der Waals surface area (Å²) < 4.78 is 0. The molecule has 1 atom stereocenters. The number of thiophene rings is 1. The maximum absolute atomic E-state index is 13.6. The number of nitrogens with zero attached hydrogens (tertiary/aromatic N) is 1. The van der Waals surface area contributed by atoms with Crippen LogP contribution in [0.4, 0.5) is 5.69 Å². The summed E-state index contributed by atoms with van der Waals surface area (Å²) in [6.45, 7) is 1.33. The predicted octanol–water partition coefficient (Wildman–Crippen LogP) is 5.43. The van der Waals surface area contributed by atoms with Crippen LogP contribution in [-0.4, -0.2) is 36.1 Å². The average molecular weight is 461 g/mol. The second-order valence-electron chi connectivity index (χ2n) is 6.94. The minimum atomic E-state index is -1.07. The summed E-state index contributed by atoms with van der Waals surface area (Å²) >= 11 is 13.5. The van der Waals surface area contributed by atoms with Gasteiger partial charge in [-0.25, -0.2) is 4.79 Å². The largest absolute Gasteiger partial charge is 0.477 e. The number of carboxylic acid groups (broad SMARTS) is 1. The van der Waals surface area contributed by atoms with Gasteiger partial charge in [0.15, 0.2) is 0 Å². The van der Waals surface area contributed by atoms with Crippen molar-refractivity contribution in [3.8, 4) is 10.4 Å². The second kappa shape index (κ2) is 8.78. The van der Waals surface area contributed by atoms with Crippen LogP contribution in [0.25, 0.3) is 10.4 Å². The van der Waals surface area contributed by atoms with Gasteiger partial charge in [0.2, 0.25) is 0 Å². The number of halogens is 2. The van der Waals surface area contributed by atoms with Crippen molar-refractivity contribution in [2.24, 2.45) is 0 Å². The van der Waals surface area contributed by atoms with E-state index in [9.17, 15) is 14.7 Å². The van der Waals surface area contributed by atoms with E-state index in [0.29, 0.717) is 23.7 Å². The lowest BCUT2D eigenvalue weighted by Gasteiger charge is -2.29. The molecule has 30 heavy (non-hydrogen) atoms. The highest BCUT2D eigenvalue weighted by molar-refractivity contribution is 7.18. The van der Waals surface area contributed by atoms with Crippen molar-refractivity contribution in [2.45, 2.75) is 12.5 Å². The second-order valence-corrected chi connectivity index (χ2v) is 8.84. The maximum atomic E-state index is 13.6. The smallest absolute Gasteiger partial charge is 0.348 e. The number of benzene rings is 2. The Morgan fingerprint density at radius 3 is 2.50 bits per heavy atom. The molecular formula is C22H18Cl2N2O3S. The zero-order valence-electron chi connectivity index (χ0n) is 15.8. The third kappa shape index (κ3) is 4.09. The first-order valence-electron chi connectivity index (χ1n) is 9.37. The molecule has 1 saturated heterocycles. The molecule has 0 radical (unpaired) electrons. The van der Waals surface area contributed by atoms with Gasteiger partial charge >= 0.3 is 5.97 Å². The van der Waals surface area contributed by atoms with Crippen LogP contribution in [0, 0.1) is 0 Å². The summed E-state index contributed by atoms with van der Waals surface area (Å²) in [6, 6.07) is 15.8. The number of hydrogen-bond donors (Lipinski definition) is 2. The van der Waals surface area contributed by atoms with Crippen molar-refractivity contribution in [3.63, 3.8) is 0 Å². The maximum Gasteiger partial charge on any atom is 0.348 e. The molecule has 0 bridgehead atoms. The van der Waals surface area contributed by atoms with Gasteiger partial charge in [0.25, 0.3) is 5.91 Å². The zero-order chi connectivity index (χ0) is 21.3. The van der Waals surface area contributed by atoms with E-state index in [1.807, 2.05) is 30.3 Å². The lowest BCUT2D eigenvalue weighted by molar-refractivity contribution is 0.0703. The van der Waals surface area contributed by atoms with E-state index < -0.39 is 5.97 Å². The van der Waals surface area contributed by atoms with Crippen LogP contribution < -0.4 is 10.2 Å². The Hall–Kier alpha value is -2.38. The Bertz CT molecular complexity index is 1100. The number of amides is 1. The SMILES string of the molecule is O=C(O)c1sc(-c2ccccc2)cc1N(C(=O)c1ccc(Cl)cc1Cl)C1CCNC1. The molecule has 4 rings (SSSR count). The third-order valence-electron chi connectivity index (χ3n) is 5.00. The van der Waals surface area contributed by atoms with Crippen LogP contribution in [0.3, 0.4) is 0 Å². The topological polar surface area (TPSA) is 69.6 Å². The van der Waals surface area contributed by atoms with E-state index in [1.165, 1.54) is 6.07 Å². The molecular weight excluding hydrogens is 443 g/mol. The minimum absolute atomic E-state index is 0.124. The molecule has 154 valence electrons. The molecule has 0 saturated carbocycles. The van der Waals surface area contributed by atoms with Gasteiger partial charge in [-0.1, -0.05) is 53.5 Å². The van der Waals surface area contributed by atoms with Gasteiger partial charge in [0.05, 0.1) is 22.3 Å². The van der Waals surface area contributed by atoms with E-state index >= 15 is 0 Å². The summed E-state index contributed by atoms with van der Waals surface area (Å²) in [7, 11) is 0. The van der Waals surface area contributed by atoms with E-state index in [2.05, 4.69) is 5.32 Å². The third-order valence-corrected chi connectivity index (χ3v) is 6.71. The van der Waals surface area contributed by atoms with Gasteiger partial charge in [-0.05, 0) is 42.8 Å². The molecule has 1 aliphatic heterocycles. The highest BCUT2D eigenvalue weighted by atomic mass is 35.5. The van der Waals surface area contributed by atoms with Gasteiger partial charge in [-0.2, -0.15) is 0 Å². The van der Waals surface area contributed by atoms with Gasteiger partial charge in [-0.15, -0.1) is 11.3 Å². The molecule has 1 aromatic heterocycles. The van der Waals surface area contributed by atoms with Crippen molar-refractivity contribution < 1.29 is 14.7 Å². The van der Waals surface area contributed by atoms with Crippen molar-refractivity contribution >= 4 is 52.1 Å². The molecule has 8 heteroatoms. The molecule has 2 heterocycles. The summed E-state index contributed by atoms with van der Waals surface area (Å²) in [5.41, 5.74) is 1.57. The monoisotopic (exact) mass is 460 g/mol. The summed E-state index contributed by atoms with van der Waals surface area (Å²) in [5.74, 6) is -1.41. The van der Waals surface area contributed by atoms with E-state index in [1.54, 1.807) is 23.1 Å². The predicted molar refractivity (Wildman–Crippen MR) is 121 cm³/mol. The van der Waals surface area contributed by atoms with E-state index in [4.69, 9.17) is 23.2 Å². The molecule has 3 aromatic rings. The first kappa shape index (κ1) is 20.9. The highest BCUT2D eigenvalue weighted by Crippen LogP contribution is 2.39. The summed E-state index contributed by atoms with van der Waals surface area (Å²) in [5, 5.41) is 13.8. The number of carbonyl (C=O) groups excluding carboxylic acids is 1. The van der Waals surface area contributed by atoms with Gasteiger partial charge in [0.1, 0.15) is 4.88 Å². The molecule has 5 nitrogen and oxygen atoms in total. The number of hydrogen-bond acceptors (Lipinski definition) is 4. The van der Waals surface area contributed by atoms with Gasteiger partial charge < -0.3 is 15.3 Å². The number of carboxylic acids is 1. The van der Waals surface area contributed by atoms with Crippen LogP contribution in [0.2, 0.25) is 10.0 Å². The van der Waals surface area contributed by atoms with Gasteiger partial charge in [-0.3, -0.25) is 4.79 Å². The van der Waals surface area contributed by atoms with Crippen molar-refractivity contribution in [1.29, 1.82) is 0 Å². The van der Waals surface area contributed by atoms with Crippen LogP contribution in [-0.2, 0) is 0 Å². The first-order chi connectivity index (χ1) is 14.5. The molecule has 1 fully saturated rings. The zero-order valence-corrected chi connectivity index (χ0v) is 18.1. The molecule has 2 aromatic carbocycles. The Morgan fingerprint density at radius 1 is 1.10 bits per heavy atom. The fraction of sp³-hybridized carbons (Fsp3) is 0.182. The van der Waals surface area contributed by atoms with Crippen LogP contribution in [0.15, 0.2) is 54.6 Å². The lowest BCUT2D eigenvalue weighted by atomic mass is 10.1. The Labute approximate surface area is 187 Å². The molecule has 0 aliphatic carbocycles. The quantitative estimate of drug-likeness (QED) is 0.532. The van der Waals surface area contributed by atoms with Gasteiger partial charge in [0, 0.05) is 16.4 Å². The standard InChI is InChI=1S/C22H18Cl2N2O3S/c23-14-6-7-16(17(24)10-14)21(27)26(15-8-9-25-12-15)18-11-19(30-20(18)22(28)29)13-4-2-1-3-5-13/h1-7,10-11,15,25H,8-9,12H2,(H,28,29). The summed E-state index contributed by atoms with van der Waals surface area (Å²) in [6.07, 6.45) is 0.715. The normalized spacial score (nSPS) is 15.9. The first-order valence-corrected chi connectivity index (χ1v) is 10.9. The molecule has 0 spiro atoms. The lowest BCUT2D eigenvalue weighted by Crippen LogP contribution is -2.42. The fourth-order valence-corrected chi connectivity index (χ4v) is 5.07. The van der Waals surface area contributed by atoms with Crippen molar-refractivity contribution in [2.75, 3.05) is 18.0 Å². The van der Waals surface area contributed by atoms with E-state index in [0.717, 1.165) is 28.3 Å². The summed E-state index contributed by atoms with van der Waals surface area (Å²) in [4.78, 5) is 28.1. The van der Waals surface area contributed by atoms with E-state index in [-0.39, 0.29) is 27.4 Å². The molecule has 2 N–H and O–H groups in total. The fourth-order valence-electron chi connectivity index (χ4n) is 3.58. The number of nitrogens with one attached hydrogen (secondary N) is 1. The number of rotatable bonds is 5. The molecule has 1 unspecified atom stereocenters. The number of aromatic carboxylic acids is 1. The van der Waals surface area contributed by atoms with Crippen LogP contribution in [0.5, 0.6) is 0 Å². The van der Waals surface area contributed by atoms with Crippen LogP contribution in [0.1, 0.15) is 26.5 Å². The van der Waals surface area contributed by atoms with Crippen LogP contribution >= 0.6 is 34.5 Å². The Balaban J connectivity index is 1.84. The molecule has 1 amide bonds. The van der Waals surface area contributed by atoms with Crippen molar-refractivity contribution in [1.82, 2.24) is 5.32 Å².